The van der Waals surface area contributed by atoms with E-state index in [2.05, 4.69) is 48.2 Å². The lowest BCUT2D eigenvalue weighted by Gasteiger charge is -2.17. The van der Waals surface area contributed by atoms with E-state index in [1.807, 2.05) is 42.5 Å². The molecule has 23 heteroatoms. The van der Waals surface area contributed by atoms with E-state index in [0.717, 1.165) is 107 Å². The number of rotatable bonds is 13. The fourth-order valence-corrected chi connectivity index (χ4v) is 12.0. The van der Waals surface area contributed by atoms with Gasteiger partial charge in [0.05, 0.1) is 37.6 Å². The van der Waals surface area contributed by atoms with E-state index >= 15 is 0 Å². The Hall–Kier alpha value is -9.28. The summed E-state index contributed by atoms with van der Waals surface area (Å²) in [7, 11) is -3.21. The summed E-state index contributed by atoms with van der Waals surface area (Å²) in [5.41, 5.74) is 20.7. The molecule has 0 fully saturated rings. The highest BCUT2D eigenvalue weighted by atomic mass is 32.2. The Morgan fingerprint density at radius 2 is 1.01 bits per heavy atom. The number of nitrogens with two attached hydrogens (primary N) is 2. The van der Waals surface area contributed by atoms with Crippen molar-refractivity contribution in [1.29, 1.82) is 0 Å². The molecule has 0 spiro atoms. The molecule has 0 saturated heterocycles. The molecule has 0 unspecified atom stereocenters. The van der Waals surface area contributed by atoms with Gasteiger partial charge in [-0.2, -0.15) is 4.99 Å². The Labute approximate surface area is 499 Å². The van der Waals surface area contributed by atoms with Crippen LogP contribution in [-0.4, -0.2) is 74.4 Å². The summed E-state index contributed by atoms with van der Waals surface area (Å²) in [6, 6.07) is 27.1. The number of sulfonamides is 2. The van der Waals surface area contributed by atoms with Crippen LogP contribution in [0, 0.1) is 0 Å². The first kappa shape index (κ1) is 62.8. The van der Waals surface area contributed by atoms with Crippen molar-refractivity contribution in [1.82, 2.24) is 28.8 Å². The molecule has 448 valence electrons. The molecule has 3 aliphatic carbocycles. The molecule has 3 aromatic carbocycles. The zero-order chi connectivity index (χ0) is 61.9. The van der Waals surface area contributed by atoms with Crippen molar-refractivity contribution < 1.29 is 40.6 Å². The number of fused-ring (bicyclic) bond motifs is 3. The highest BCUT2D eigenvalue weighted by Gasteiger charge is 2.25. The van der Waals surface area contributed by atoms with Crippen molar-refractivity contribution in [3.8, 4) is 51.0 Å². The minimum atomic E-state index is -4.21. The standard InChI is InChI=1S/C24H26N4O5S.C16H14N2O2.C15H16N2O.C8H12N2O3S/c1-15(2)28-14-18(8-10-22(28)29)34(31,32)27-24(30)26-23-19-6-4-5-16(19)7-9-20(23)17-11-12-25-21(13-17)33-3;1-20-15-9-12(7-8-17-15)14-6-5-11-3-2-4-13(11)16(14)18-10-19;1-18-14-9-11(7-8-17-14)13-6-5-10-3-2-4-12(10)15(13)16;1-6(2)10-5-7(14(9,12)13)3-4-8(10)11/h7-15H,4-6H2,1-3H3,(H2,26,27,30);5-9H,2-4H2,1H3;5-9H,2-4,16H2,1H3;3-6H,1-2H3,(H2,9,12,13). The van der Waals surface area contributed by atoms with Gasteiger partial charge in [-0.05, 0) is 166 Å². The van der Waals surface area contributed by atoms with Crippen LogP contribution >= 0.6 is 0 Å². The van der Waals surface area contributed by atoms with Gasteiger partial charge in [0, 0.05) is 95.8 Å². The number of urea groups is 1. The third kappa shape index (κ3) is 14.8. The lowest BCUT2D eigenvalue weighted by atomic mass is 9.98. The van der Waals surface area contributed by atoms with Crippen molar-refractivity contribution >= 4 is 49.2 Å². The normalized spacial score (nSPS) is 12.8. The zero-order valence-electron chi connectivity index (χ0n) is 48.8. The molecule has 0 saturated carbocycles. The number of nitrogens with zero attached hydrogens (tertiary/aromatic N) is 6. The second-order valence-electron chi connectivity index (χ2n) is 20.9. The highest BCUT2D eigenvalue weighted by molar-refractivity contribution is 7.90. The third-order valence-corrected chi connectivity index (χ3v) is 17.0. The first-order chi connectivity index (χ1) is 41.1. The van der Waals surface area contributed by atoms with Gasteiger partial charge >= 0.3 is 6.03 Å². The van der Waals surface area contributed by atoms with E-state index in [0.29, 0.717) is 23.3 Å². The number of amides is 2. The van der Waals surface area contributed by atoms with Gasteiger partial charge in [0.2, 0.25) is 33.7 Å². The fraction of sp³-hybridized carbons (Fsp3) is 0.286. The fourth-order valence-electron chi connectivity index (χ4n) is 10.5. The number of isocyanates is 1. The molecule has 3 aliphatic rings. The Kier molecular flexibility index (Phi) is 20.2. The minimum absolute atomic E-state index is 0.0502. The second kappa shape index (κ2) is 27.6. The summed E-state index contributed by atoms with van der Waals surface area (Å²) in [6.07, 6.45) is 18.4. The largest absolute Gasteiger partial charge is 0.481 e. The van der Waals surface area contributed by atoms with E-state index in [9.17, 15) is 36.0 Å². The summed E-state index contributed by atoms with van der Waals surface area (Å²) in [5, 5.41) is 7.70. The van der Waals surface area contributed by atoms with Crippen LogP contribution in [0.4, 0.5) is 21.9 Å². The molecule has 0 atom stereocenters. The lowest BCUT2D eigenvalue weighted by Crippen LogP contribution is -2.35. The lowest BCUT2D eigenvalue weighted by molar-refractivity contribution is 0.256. The molecule has 0 bridgehead atoms. The van der Waals surface area contributed by atoms with Gasteiger partial charge < -0.3 is 34.4 Å². The highest BCUT2D eigenvalue weighted by Crippen LogP contribution is 2.41. The number of hydrogen-bond acceptors (Lipinski definition) is 16. The van der Waals surface area contributed by atoms with Crippen LogP contribution in [0.3, 0.4) is 0 Å². The van der Waals surface area contributed by atoms with Crippen LogP contribution < -0.4 is 46.2 Å². The van der Waals surface area contributed by atoms with Crippen molar-refractivity contribution in [2.45, 2.75) is 107 Å². The number of aliphatic imine (C=N–C) groups is 1. The van der Waals surface area contributed by atoms with Crippen LogP contribution in [0.25, 0.3) is 33.4 Å². The third-order valence-electron chi connectivity index (χ3n) is 14.8. The Balaban J connectivity index is 0.000000158. The quantitative estimate of drug-likeness (QED) is 0.0474. The van der Waals surface area contributed by atoms with E-state index < -0.39 is 26.1 Å². The Morgan fingerprint density at radius 3 is 1.51 bits per heavy atom. The Bertz CT molecular complexity index is 4240. The van der Waals surface area contributed by atoms with E-state index in [1.165, 1.54) is 81.6 Å². The van der Waals surface area contributed by atoms with Crippen LogP contribution in [0.2, 0.25) is 0 Å². The number of nitrogens with one attached hydrogen (secondary N) is 2. The molecule has 21 nitrogen and oxygen atoms in total. The summed E-state index contributed by atoms with van der Waals surface area (Å²) >= 11 is 0. The number of carbonyl (C=O) groups is 1. The smallest absolute Gasteiger partial charge is 0.333 e. The number of anilines is 2. The van der Waals surface area contributed by atoms with Crippen LogP contribution in [0.5, 0.6) is 17.6 Å². The first-order valence-corrected chi connectivity index (χ1v) is 30.8. The molecule has 0 aliphatic heterocycles. The number of carbonyl (C=O) groups excluding carboxylic acids is 2. The van der Waals surface area contributed by atoms with Gasteiger partial charge in [0.1, 0.15) is 4.90 Å². The number of methoxy groups -OCH3 is 3. The molecule has 5 heterocycles. The summed E-state index contributed by atoms with van der Waals surface area (Å²) in [5.74, 6) is 1.59. The van der Waals surface area contributed by atoms with Gasteiger partial charge in [-0.15, -0.1) is 0 Å². The molecule has 8 aromatic rings. The van der Waals surface area contributed by atoms with Crippen molar-refractivity contribution in [3.63, 3.8) is 0 Å². The van der Waals surface area contributed by atoms with Gasteiger partial charge in [-0.3, -0.25) is 9.59 Å². The van der Waals surface area contributed by atoms with Gasteiger partial charge in [0.25, 0.3) is 21.1 Å². The molecular weight excluding hydrogens is 1140 g/mol. The first-order valence-electron chi connectivity index (χ1n) is 27.7. The molecule has 5 aromatic heterocycles. The number of aromatic nitrogens is 5. The molecular formula is C63H68N10O11S2. The maximum atomic E-state index is 12.9. The number of ether oxygens (including phenoxy) is 3. The minimum Gasteiger partial charge on any atom is -0.481 e. The average Bonchev–Trinajstić information content (AvgIpc) is 3.16. The van der Waals surface area contributed by atoms with E-state index in [-0.39, 0.29) is 33.0 Å². The van der Waals surface area contributed by atoms with Crippen LogP contribution in [0.1, 0.15) is 92.4 Å². The zero-order valence-corrected chi connectivity index (χ0v) is 50.4. The molecule has 0 radical (unpaired) electrons. The number of benzene rings is 3. The van der Waals surface area contributed by atoms with E-state index in [1.54, 1.807) is 78.7 Å². The van der Waals surface area contributed by atoms with Crippen molar-refractivity contribution in [3.05, 3.63) is 182 Å². The van der Waals surface area contributed by atoms with Crippen LogP contribution in [-0.2, 0) is 63.4 Å². The summed E-state index contributed by atoms with van der Waals surface area (Å²) in [4.78, 5) is 63.0. The maximum Gasteiger partial charge on any atom is 0.333 e. The second-order valence-corrected chi connectivity index (χ2v) is 24.2. The monoisotopic (exact) mass is 1200 g/mol. The number of pyridine rings is 5. The number of hydrogen-bond donors (Lipinski definition) is 4. The number of aryl methyl sites for hydroxylation is 3. The van der Waals surface area contributed by atoms with Crippen molar-refractivity contribution in [2.24, 2.45) is 10.1 Å². The predicted molar refractivity (Wildman–Crippen MR) is 330 cm³/mol. The SMILES string of the molecule is CC(C)n1cc(S(N)(=O)=O)ccc1=O.COc1cc(-c2ccc3c(c2N)CCC3)ccn1.COc1cc(-c2ccc3c(c2N=C=O)CCC3)ccn1.COc1cc(-c2ccc3c(c2NC(=O)NS(=O)(=O)c2ccc(=O)n(C(C)C)c2)CCC3)ccn1. The number of nitrogen functional groups attached to an aromatic ring is 1. The van der Waals surface area contributed by atoms with Gasteiger partial charge in [-0.1, -0.05) is 36.4 Å². The molecule has 86 heavy (non-hydrogen) atoms. The van der Waals surface area contributed by atoms with Gasteiger partial charge in [-0.25, -0.2) is 51.2 Å². The van der Waals surface area contributed by atoms with Crippen LogP contribution in [0.15, 0.2) is 152 Å². The topological polar surface area (TPSA) is 301 Å². The van der Waals surface area contributed by atoms with E-state index in [4.69, 9.17) is 25.1 Å². The summed E-state index contributed by atoms with van der Waals surface area (Å²) in [6.45, 7) is 7.11. The Morgan fingerprint density at radius 1 is 0.581 bits per heavy atom. The molecule has 11 rings (SSSR count). The average molecular weight is 1210 g/mol. The maximum absolute atomic E-state index is 12.9. The molecule has 6 N–H and O–H groups in total. The number of primary sulfonamides is 1. The predicted octanol–water partition coefficient (Wildman–Crippen LogP) is 9.62. The van der Waals surface area contributed by atoms with Gasteiger partial charge in [0.15, 0.2) is 0 Å². The molecule has 2 amide bonds. The summed E-state index contributed by atoms with van der Waals surface area (Å²) < 4.78 is 67.9. The van der Waals surface area contributed by atoms with Crippen molar-refractivity contribution in [2.75, 3.05) is 32.4 Å².